The number of rotatable bonds is 4. The van der Waals surface area contributed by atoms with Crippen molar-refractivity contribution in [3.63, 3.8) is 0 Å². The molecule has 3 rings (SSSR count). The van der Waals surface area contributed by atoms with Gasteiger partial charge in [0.05, 0.1) is 7.11 Å². The Morgan fingerprint density at radius 3 is 2.57 bits per heavy atom. The van der Waals surface area contributed by atoms with Crippen molar-refractivity contribution in [3.05, 3.63) is 42.2 Å². The van der Waals surface area contributed by atoms with Crippen molar-refractivity contribution in [1.29, 1.82) is 0 Å². The van der Waals surface area contributed by atoms with Crippen LogP contribution in [0.4, 0.5) is 0 Å². The van der Waals surface area contributed by atoms with E-state index >= 15 is 0 Å². The third-order valence-electron chi connectivity index (χ3n) is 3.85. The number of nitrogens with two attached hydrogens (primary N) is 1. The molecular weight excluding hydrogens is 268 g/mol. The number of amides is 1. The first-order chi connectivity index (χ1) is 10.2. The van der Waals surface area contributed by atoms with E-state index in [1.165, 1.54) is 0 Å². The molecule has 3 N–H and O–H groups in total. The minimum Gasteiger partial charge on any atom is -0.497 e. The molecule has 110 valence electrons. The molecule has 1 heterocycles. The molecule has 1 aromatic heterocycles. The van der Waals surface area contributed by atoms with Gasteiger partial charge in [-0.25, -0.2) is 0 Å². The van der Waals surface area contributed by atoms with E-state index < -0.39 is 0 Å². The second-order valence-electron chi connectivity index (χ2n) is 5.21. The smallest absolute Gasteiger partial charge is 0.287 e. The minimum absolute atomic E-state index is 0.0602. The van der Waals surface area contributed by atoms with Gasteiger partial charge < -0.3 is 20.2 Å². The molecule has 2 aromatic rings. The Balaban J connectivity index is 1.71. The summed E-state index contributed by atoms with van der Waals surface area (Å²) in [5.41, 5.74) is 6.71. The van der Waals surface area contributed by atoms with E-state index in [1.54, 1.807) is 19.2 Å². The Kier molecular flexibility index (Phi) is 3.66. The van der Waals surface area contributed by atoms with Crippen LogP contribution in [0.2, 0.25) is 0 Å². The number of carbonyl (C=O) groups excluding carboxylic acids is 1. The van der Waals surface area contributed by atoms with Gasteiger partial charge in [0.2, 0.25) is 0 Å². The number of furan rings is 1. The van der Waals surface area contributed by atoms with Crippen molar-refractivity contribution in [2.75, 3.05) is 7.11 Å². The second-order valence-corrected chi connectivity index (χ2v) is 5.21. The van der Waals surface area contributed by atoms with E-state index in [4.69, 9.17) is 14.9 Å². The van der Waals surface area contributed by atoms with Crippen molar-refractivity contribution in [1.82, 2.24) is 5.32 Å². The van der Waals surface area contributed by atoms with Crippen molar-refractivity contribution in [3.8, 4) is 17.1 Å². The van der Waals surface area contributed by atoms with Crippen molar-refractivity contribution in [2.45, 2.75) is 24.9 Å². The molecule has 0 radical (unpaired) electrons. The molecule has 0 saturated heterocycles. The fourth-order valence-corrected chi connectivity index (χ4v) is 2.31. The minimum atomic E-state index is -0.213. The molecule has 1 fully saturated rings. The summed E-state index contributed by atoms with van der Waals surface area (Å²) in [5.74, 6) is 1.53. The Hall–Kier alpha value is -2.27. The van der Waals surface area contributed by atoms with Crippen molar-refractivity contribution < 1.29 is 13.9 Å². The maximum atomic E-state index is 12.1. The molecule has 0 aliphatic heterocycles. The standard InChI is InChI=1S/C16H18N2O3/c1-20-11-4-2-10(3-5-11)14-8-9-15(21-14)16(19)18-13-7-6-12(13)17/h2-5,8-9,12-13H,6-7,17H2,1H3,(H,18,19). The highest BCUT2D eigenvalue weighted by Gasteiger charge is 2.29. The van der Waals surface area contributed by atoms with Crippen LogP contribution in [0.1, 0.15) is 23.4 Å². The topological polar surface area (TPSA) is 77.5 Å². The molecular formula is C16H18N2O3. The highest BCUT2D eigenvalue weighted by molar-refractivity contribution is 5.92. The first-order valence-corrected chi connectivity index (χ1v) is 6.98. The van der Waals surface area contributed by atoms with Crippen LogP contribution in [0.15, 0.2) is 40.8 Å². The number of hydrogen-bond acceptors (Lipinski definition) is 4. The molecule has 1 aromatic carbocycles. The maximum Gasteiger partial charge on any atom is 0.287 e. The molecule has 1 aliphatic carbocycles. The van der Waals surface area contributed by atoms with E-state index in [0.29, 0.717) is 11.5 Å². The molecule has 5 nitrogen and oxygen atoms in total. The first-order valence-electron chi connectivity index (χ1n) is 6.98. The Morgan fingerprint density at radius 2 is 2.00 bits per heavy atom. The number of benzene rings is 1. The van der Waals surface area contributed by atoms with Gasteiger partial charge in [0.25, 0.3) is 5.91 Å². The van der Waals surface area contributed by atoms with E-state index in [-0.39, 0.29) is 18.0 Å². The number of carbonyl (C=O) groups is 1. The number of ether oxygens (including phenoxy) is 1. The van der Waals surface area contributed by atoms with Crippen LogP contribution in [0.5, 0.6) is 5.75 Å². The fraction of sp³-hybridized carbons (Fsp3) is 0.312. The average Bonchev–Trinajstić information content (AvgIpc) is 3.01. The van der Waals surface area contributed by atoms with Crippen molar-refractivity contribution >= 4 is 5.91 Å². The molecule has 1 saturated carbocycles. The van der Waals surface area contributed by atoms with Crippen LogP contribution in [0.25, 0.3) is 11.3 Å². The summed E-state index contributed by atoms with van der Waals surface area (Å²) in [6.07, 6.45) is 1.89. The summed E-state index contributed by atoms with van der Waals surface area (Å²) >= 11 is 0. The Morgan fingerprint density at radius 1 is 1.24 bits per heavy atom. The molecule has 0 spiro atoms. The molecule has 1 amide bonds. The normalized spacial score (nSPS) is 20.7. The van der Waals surface area contributed by atoms with Gasteiger partial charge in [-0.05, 0) is 49.2 Å². The zero-order valence-electron chi connectivity index (χ0n) is 11.8. The lowest BCUT2D eigenvalue weighted by Crippen LogP contribution is -2.54. The van der Waals surface area contributed by atoms with Gasteiger partial charge in [0.1, 0.15) is 11.5 Å². The number of methoxy groups -OCH3 is 1. The van der Waals surface area contributed by atoms with Crippen LogP contribution in [0.3, 0.4) is 0 Å². The maximum absolute atomic E-state index is 12.1. The lowest BCUT2D eigenvalue weighted by Gasteiger charge is -2.33. The highest BCUT2D eigenvalue weighted by atomic mass is 16.5. The van der Waals surface area contributed by atoms with Crippen LogP contribution in [-0.2, 0) is 0 Å². The Labute approximate surface area is 123 Å². The second kappa shape index (κ2) is 5.61. The number of hydrogen-bond donors (Lipinski definition) is 2. The lowest BCUT2D eigenvalue weighted by atomic mass is 9.87. The number of nitrogens with one attached hydrogen (secondary N) is 1. The van der Waals surface area contributed by atoms with E-state index in [1.807, 2.05) is 24.3 Å². The van der Waals surface area contributed by atoms with Crippen LogP contribution >= 0.6 is 0 Å². The zero-order chi connectivity index (χ0) is 14.8. The van der Waals surface area contributed by atoms with Gasteiger partial charge in [-0.15, -0.1) is 0 Å². The lowest BCUT2D eigenvalue weighted by molar-refractivity contribution is 0.0878. The molecule has 2 atom stereocenters. The third kappa shape index (κ3) is 2.78. The van der Waals surface area contributed by atoms with Crippen LogP contribution in [-0.4, -0.2) is 25.1 Å². The van der Waals surface area contributed by atoms with Crippen LogP contribution in [0, 0.1) is 0 Å². The predicted molar refractivity (Wildman–Crippen MR) is 79.2 cm³/mol. The summed E-state index contributed by atoms with van der Waals surface area (Å²) in [6.45, 7) is 0. The van der Waals surface area contributed by atoms with Gasteiger partial charge in [0, 0.05) is 17.6 Å². The quantitative estimate of drug-likeness (QED) is 0.903. The van der Waals surface area contributed by atoms with Gasteiger partial charge in [-0.1, -0.05) is 0 Å². The monoisotopic (exact) mass is 286 g/mol. The van der Waals surface area contributed by atoms with Crippen molar-refractivity contribution in [2.24, 2.45) is 5.73 Å². The zero-order valence-corrected chi connectivity index (χ0v) is 11.8. The van der Waals surface area contributed by atoms with Gasteiger partial charge >= 0.3 is 0 Å². The average molecular weight is 286 g/mol. The Bertz CT molecular complexity index is 633. The fourth-order valence-electron chi connectivity index (χ4n) is 2.31. The summed E-state index contributed by atoms with van der Waals surface area (Å²) in [6, 6.07) is 11.1. The van der Waals surface area contributed by atoms with Gasteiger partial charge in [-0.3, -0.25) is 4.79 Å². The van der Waals surface area contributed by atoms with E-state index in [9.17, 15) is 4.79 Å². The summed E-state index contributed by atoms with van der Waals surface area (Å²) < 4.78 is 10.7. The molecule has 2 unspecified atom stereocenters. The van der Waals surface area contributed by atoms with Gasteiger partial charge in [-0.2, -0.15) is 0 Å². The summed E-state index contributed by atoms with van der Waals surface area (Å²) in [5, 5.41) is 2.89. The van der Waals surface area contributed by atoms with Gasteiger partial charge in [0.15, 0.2) is 5.76 Å². The largest absolute Gasteiger partial charge is 0.497 e. The molecule has 1 aliphatic rings. The summed E-state index contributed by atoms with van der Waals surface area (Å²) in [4.78, 5) is 12.1. The van der Waals surface area contributed by atoms with E-state index in [0.717, 1.165) is 24.2 Å². The van der Waals surface area contributed by atoms with Crippen LogP contribution < -0.4 is 15.8 Å². The highest BCUT2D eigenvalue weighted by Crippen LogP contribution is 2.25. The molecule has 0 bridgehead atoms. The molecule has 5 heteroatoms. The molecule has 21 heavy (non-hydrogen) atoms. The summed E-state index contributed by atoms with van der Waals surface area (Å²) in [7, 11) is 1.62. The third-order valence-corrected chi connectivity index (χ3v) is 3.85. The van der Waals surface area contributed by atoms with E-state index in [2.05, 4.69) is 5.32 Å². The predicted octanol–water partition coefficient (Wildman–Crippen LogP) is 2.17. The first kappa shape index (κ1) is 13.7. The SMILES string of the molecule is COc1ccc(-c2ccc(C(=O)NC3CCC3N)o2)cc1.